The van der Waals surface area contributed by atoms with Crippen LogP contribution in [0.4, 0.5) is 14.5 Å². The van der Waals surface area contributed by atoms with Crippen LogP contribution in [0.15, 0.2) is 12.1 Å². The van der Waals surface area contributed by atoms with Gasteiger partial charge in [-0.3, -0.25) is 14.9 Å². The molecule has 0 saturated carbocycles. The zero-order valence-electron chi connectivity index (χ0n) is 7.17. The Balaban J connectivity index is 3.48. The first-order valence-corrected chi connectivity index (χ1v) is 4.24. The summed E-state index contributed by atoms with van der Waals surface area (Å²) >= 11 is 5.13. The van der Waals surface area contributed by atoms with Crippen molar-refractivity contribution < 1.29 is 18.5 Å². The van der Waals surface area contributed by atoms with Gasteiger partial charge >= 0.3 is 0 Å². The van der Waals surface area contributed by atoms with Crippen molar-refractivity contribution in [1.82, 2.24) is 0 Å². The number of halogens is 3. The maximum Gasteiger partial charge on any atom is 0.283 e. The Morgan fingerprint density at radius 2 is 2.07 bits per heavy atom. The summed E-state index contributed by atoms with van der Waals surface area (Å²) in [6.07, 6.45) is 0. The lowest BCUT2D eigenvalue weighted by Crippen LogP contribution is -2.09. The number of nitro groups is 1. The van der Waals surface area contributed by atoms with Gasteiger partial charge in [0.1, 0.15) is 5.56 Å². The van der Waals surface area contributed by atoms with Crippen LogP contribution in [0, 0.1) is 21.7 Å². The summed E-state index contributed by atoms with van der Waals surface area (Å²) in [6.45, 7) is 0. The molecule has 0 N–H and O–H groups in total. The fraction of sp³-hybridized carbons (Fsp3) is 0.125. The Morgan fingerprint density at radius 3 is 2.53 bits per heavy atom. The van der Waals surface area contributed by atoms with Gasteiger partial charge in [0.15, 0.2) is 17.4 Å². The predicted octanol–water partition coefficient (Wildman–Crippen LogP) is 2.29. The highest BCUT2D eigenvalue weighted by Gasteiger charge is 2.26. The van der Waals surface area contributed by atoms with Crippen molar-refractivity contribution in [2.45, 2.75) is 0 Å². The van der Waals surface area contributed by atoms with E-state index >= 15 is 0 Å². The summed E-state index contributed by atoms with van der Waals surface area (Å²) in [5, 5.41) is 10.4. The summed E-state index contributed by atoms with van der Waals surface area (Å²) in [6, 6.07) is 1.30. The number of alkyl halides is 1. The highest BCUT2D eigenvalue weighted by Crippen LogP contribution is 2.24. The number of carbonyl (C=O) groups is 1. The molecule has 0 atom stereocenters. The lowest BCUT2D eigenvalue weighted by Gasteiger charge is -2.01. The van der Waals surface area contributed by atoms with E-state index in [2.05, 4.69) is 0 Å². The third-order valence-corrected chi connectivity index (χ3v) is 1.91. The van der Waals surface area contributed by atoms with Crippen molar-refractivity contribution in [3.05, 3.63) is 39.4 Å². The Bertz CT molecular complexity index is 436. The third-order valence-electron chi connectivity index (χ3n) is 1.67. The largest absolute Gasteiger partial charge is 0.292 e. The van der Waals surface area contributed by atoms with Gasteiger partial charge in [-0.2, -0.15) is 0 Å². The summed E-state index contributed by atoms with van der Waals surface area (Å²) < 4.78 is 25.8. The molecule has 0 radical (unpaired) electrons. The normalized spacial score (nSPS) is 10.1. The quantitative estimate of drug-likeness (QED) is 0.350. The molecule has 0 unspecified atom stereocenters. The molecule has 0 aromatic heterocycles. The van der Waals surface area contributed by atoms with Crippen LogP contribution in [-0.4, -0.2) is 16.6 Å². The number of nitrogens with zero attached hydrogens (tertiary/aromatic N) is 1. The molecule has 4 nitrogen and oxygen atoms in total. The standard InChI is InChI=1S/C8H4ClF2NO3/c9-3-6(13)7-5(12(14)15)2-1-4(10)8(7)11/h1-2H,3H2. The number of hydrogen-bond acceptors (Lipinski definition) is 3. The molecular formula is C8H4ClF2NO3. The van der Waals surface area contributed by atoms with Crippen molar-refractivity contribution in [3.8, 4) is 0 Å². The smallest absolute Gasteiger partial charge is 0.283 e. The van der Waals surface area contributed by atoms with E-state index in [9.17, 15) is 23.7 Å². The number of Topliss-reactive ketones (excluding diaryl/α,β-unsaturated/α-hetero) is 1. The van der Waals surface area contributed by atoms with E-state index in [1.807, 2.05) is 0 Å². The second-order valence-corrected chi connectivity index (χ2v) is 2.84. The first kappa shape index (κ1) is 11.5. The average molecular weight is 236 g/mol. The van der Waals surface area contributed by atoms with Crippen molar-refractivity contribution >= 4 is 23.1 Å². The minimum Gasteiger partial charge on any atom is -0.292 e. The molecule has 80 valence electrons. The van der Waals surface area contributed by atoms with Crippen LogP contribution in [0.2, 0.25) is 0 Å². The number of carbonyl (C=O) groups excluding carboxylic acids is 1. The van der Waals surface area contributed by atoms with Gasteiger partial charge in [0, 0.05) is 6.07 Å². The van der Waals surface area contributed by atoms with Gasteiger partial charge in [-0.1, -0.05) is 0 Å². The second-order valence-electron chi connectivity index (χ2n) is 2.57. The molecule has 1 aromatic carbocycles. The molecule has 7 heteroatoms. The zero-order valence-corrected chi connectivity index (χ0v) is 7.92. The molecule has 0 spiro atoms. The summed E-state index contributed by atoms with van der Waals surface area (Å²) in [5.74, 6) is -4.55. The zero-order chi connectivity index (χ0) is 11.6. The van der Waals surface area contributed by atoms with Crippen molar-refractivity contribution in [1.29, 1.82) is 0 Å². The van der Waals surface area contributed by atoms with E-state index in [0.717, 1.165) is 6.07 Å². The fourth-order valence-corrected chi connectivity index (χ4v) is 1.16. The molecule has 0 aliphatic carbocycles. The van der Waals surface area contributed by atoms with Gasteiger partial charge in [0.05, 0.1) is 10.8 Å². The molecule has 1 aromatic rings. The number of benzene rings is 1. The molecular weight excluding hydrogens is 232 g/mol. The molecule has 0 heterocycles. The highest BCUT2D eigenvalue weighted by molar-refractivity contribution is 6.31. The summed E-state index contributed by atoms with van der Waals surface area (Å²) in [5.41, 5.74) is -1.71. The van der Waals surface area contributed by atoms with Gasteiger partial charge in [0.25, 0.3) is 5.69 Å². The van der Waals surface area contributed by atoms with Crippen LogP contribution in [0.5, 0.6) is 0 Å². The predicted molar refractivity (Wildman–Crippen MR) is 48.1 cm³/mol. The van der Waals surface area contributed by atoms with Gasteiger partial charge < -0.3 is 0 Å². The first-order chi connectivity index (χ1) is 6.99. The van der Waals surface area contributed by atoms with E-state index in [4.69, 9.17) is 11.6 Å². The van der Waals surface area contributed by atoms with Crippen molar-refractivity contribution in [3.63, 3.8) is 0 Å². The Labute approximate surface area is 87.6 Å². The molecule has 0 aliphatic heterocycles. The molecule has 1 rings (SSSR count). The highest BCUT2D eigenvalue weighted by atomic mass is 35.5. The minimum atomic E-state index is -1.55. The lowest BCUT2D eigenvalue weighted by atomic mass is 10.1. The third kappa shape index (κ3) is 2.10. The lowest BCUT2D eigenvalue weighted by molar-refractivity contribution is -0.385. The van der Waals surface area contributed by atoms with Crippen LogP contribution in [0.1, 0.15) is 10.4 Å². The number of ketones is 1. The maximum atomic E-state index is 13.1. The van der Waals surface area contributed by atoms with Gasteiger partial charge in [-0.25, -0.2) is 8.78 Å². The van der Waals surface area contributed by atoms with E-state index in [1.54, 1.807) is 0 Å². The number of rotatable bonds is 3. The van der Waals surface area contributed by atoms with Crippen LogP contribution in [0.3, 0.4) is 0 Å². The van der Waals surface area contributed by atoms with Crippen LogP contribution in [0.25, 0.3) is 0 Å². The van der Waals surface area contributed by atoms with E-state index in [-0.39, 0.29) is 0 Å². The summed E-state index contributed by atoms with van der Waals surface area (Å²) in [4.78, 5) is 20.5. The number of hydrogen-bond donors (Lipinski definition) is 0. The average Bonchev–Trinajstić information content (AvgIpc) is 2.20. The van der Waals surface area contributed by atoms with E-state index < -0.39 is 39.5 Å². The molecule has 15 heavy (non-hydrogen) atoms. The number of nitro benzene ring substituents is 1. The Morgan fingerprint density at radius 1 is 1.47 bits per heavy atom. The van der Waals surface area contributed by atoms with Crippen LogP contribution in [-0.2, 0) is 0 Å². The topological polar surface area (TPSA) is 60.2 Å². The Hall–Kier alpha value is -1.56. The van der Waals surface area contributed by atoms with Crippen LogP contribution >= 0.6 is 11.6 Å². The van der Waals surface area contributed by atoms with Crippen molar-refractivity contribution in [2.75, 3.05) is 5.88 Å². The second kappa shape index (κ2) is 4.31. The van der Waals surface area contributed by atoms with E-state index in [1.165, 1.54) is 0 Å². The van der Waals surface area contributed by atoms with Gasteiger partial charge in [-0.05, 0) is 6.07 Å². The van der Waals surface area contributed by atoms with Crippen LogP contribution < -0.4 is 0 Å². The molecule has 0 amide bonds. The molecule has 0 fully saturated rings. The molecule has 0 bridgehead atoms. The Kier molecular flexibility index (Phi) is 3.31. The van der Waals surface area contributed by atoms with Crippen molar-refractivity contribution in [2.24, 2.45) is 0 Å². The molecule has 0 aliphatic rings. The first-order valence-electron chi connectivity index (χ1n) is 3.70. The monoisotopic (exact) mass is 235 g/mol. The SMILES string of the molecule is O=C(CCl)c1c([N+](=O)[O-])ccc(F)c1F. The minimum absolute atomic E-state index is 0.582. The molecule has 0 saturated heterocycles. The summed E-state index contributed by atoms with van der Waals surface area (Å²) in [7, 11) is 0. The van der Waals surface area contributed by atoms with E-state index in [0.29, 0.717) is 6.07 Å². The maximum absolute atomic E-state index is 13.1. The fourth-order valence-electron chi connectivity index (χ4n) is 1.02. The van der Waals surface area contributed by atoms with Gasteiger partial charge in [0.2, 0.25) is 0 Å². The van der Waals surface area contributed by atoms with Gasteiger partial charge in [-0.15, -0.1) is 11.6 Å².